The molecule has 13 heavy (non-hydrogen) atoms. The highest BCUT2D eigenvalue weighted by Gasteiger charge is 2.22. The first-order valence-corrected chi connectivity index (χ1v) is 5.07. The SMILES string of the molecule is Cc1[nH+]c(CC(C)C)c(C(=O)O)s1. The van der Waals surface area contributed by atoms with E-state index in [9.17, 15) is 4.79 Å². The van der Waals surface area contributed by atoms with Crippen molar-refractivity contribution in [2.75, 3.05) is 0 Å². The zero-order valence-corrected chi connectivity index (χ0v) is 8.86. The minimum Gasteiger partial charge on any atom is -0.477 e. The van der Waals surface area contributed by atoms with Gasteiger partial charge >= 0.3 is 5.97 Å². The lowest BCUT2D eigenvalue weighted by Gasteiger charge is -1.97. The molecule has 0 amide bonds. The Morgan fingerprint density at radius 2 is 2.23 bits per heavy atom. The quantitative estimate of drug-likeness (QED) is 0.808. The Morgan fingerprint density at radius 3 is 2.69 bits per heavy atom. The molecule has 0 aliphatic carbocycles. The van der Waals surface area contributed by atoms with Crippen molar-refractivity contribution in [2.24, 2.45) is 5.92 Å². The molecule has 4 heteroatoms. The molecule has 3 nitrogen and oxygen atoms in total. The monoisotopic (exact) mass is 200 g/mol. The van der Waals surface area contributed by atoms with Gasteiger partial charge in [0.15, 0.2) is 4.88 Å². The summed E-state index contributed by atoms with van der Waals surface area (Å²) in [7, 11) is 0. The average molecular weight is 200 g/mol. The largest absolute Gasteiger partial charge is 0.477 e. The smallest absolute Gasteiger partial charge is 0.352 e. The van der Waals surface area contributed by atoms with E-state index in [1.807, 2.05) is 6.92 Å². The number of aromatic amines is 1. The van der Waals surface area contributed by atoms with Gasteiger partial charge in [-0.1, -0.05) is 25.2 Å². The third-order valence-electron chi connectivity index (χ3n) is 1.66. The van der Waals surface area contributed by atoms with Crippen molar-refractivity contribution in [3.05, 3.63) is 15.6 Å². The van der Waals surface area contributed by atoms with Crippen molar-refractivity contribution < 1.29 is 14.9 Å². The molecule has 0 unspecified atom stereocenters. The lowest BCUT2D eigenvalue weighted by molar-refractivity contribution is -0.392. The van der Waals surface area contributed by atoms with Crippen LogP contribution in [-0.2, 0) is 6.42 Å². The molecule has 1 rings (SSSR count). The van der Waals surface area contributed by atoms with Gasteiger partial charge < -0.3 is 5.11 Å². The van der Waals surface area contributed by atoms with Gasteiger partial charge in [0.25, 0.3) is 0 Å². The number of hydrogen-bond acceptors (Lipinski definition) is 2. The highest BCUT2D eigenvalue weighted by atomic mass is 32.1. The predicted octanol–water partition coefficient (Wildman–Crippen LogP) is 1.77. The molecular weight excluding hydrogens is 186 g/mol. The first kappa shape index (κ1) is 10.2. The van der Waals surface area contributed by atoms with Crippen molar-refractivity contribution in [2.45, 2.75) is 27.2 Å². The van der Waals surface area contributed by atoms with Crippen LogP contribution in [0.4, 0.5) is 0 Å². The lowest BCUT2D eigenvalue weighted by Crippen LogP contribution is -2.14. The van der Waals surface area contributed by atoms with Gasteiger partial charge in [-0.15, -0.1) is 0 Å². The average Bonchev–Trinajstić information content (AvgIpc) is 2.29. The summed E-state index contributed by atoms with van der Waals surface area (Å²) in [5.41, 5.74) is 0.852. The first-order valence-electron chi connectivity index (χ1n) is 4.25. The number of aromatic nitrogens is 1. The van der Waals surface area contributed by atoms with E-state index in [1.165, 1.54) is 11.3 Å². The summed E-state index contributed by atoms with van der Waals surface area (Å²) < 4.78 is 0. The van der Waals surface area contributed by atoms with Gasteiger partial charge in [-0.3, -0.25) is 0 Å². The molecule has 1 aromatic heterocycles. The summed E-state index contributed by atoms with van der Waals surface area (Å²) in [5.74, 6) is -0.353. The number of aromatic carboxylic acids is 1. The van der Waals surface area contributed by atoms with E-state index >= 15 is 0 Å². The summed E-state index contributed by atoms with van der Waals surface area (Å²) in [6.07, 6.45) is 0.798. The molecule has 2 N–H and O–H groups in total. The molecule has 0 spiro atoms. The number of hydrogen-bond donors (Lipinski definition) is 1. The first-order chi connectivity index (χ1) is 6.00. The Morgan fingerprint density at radius 1 is 1.62 bits per heavy atom. The molecule has 1 aromatic rings. The molecule has 0 aliphatic rings. The Labute approximate surface area is 81.4 Å². The van der Waals surface area contributed by atoms with Gasteiger partial charge in [0.1, 0.15) is 0 Å². The molecule has 0 saturated heterocycles. The highest BCUT2D eigenvalue weighted by molar-refractivity contribution is 7.13. The second kappa shape index (κ2) is 3.87. The molecule has 1 heterocycles. The maximum atomic E-state index is 10.8. The highest BCUT2D eigenvalue weighted by Crippen LogP contribution is 2.16. The van der Waals surface area contributed by atoms with Gasteiger partial charge in [0.2, 0.25) is 10.7 Å². The van der Waals surface area contributed by atoms with Crippen LogP contribution in [0.25, 0.3) is 0 Å². The zero-order valence-electron chi connectivity index (χ0n) is 8.05. The van der Waals surface area contributed by atoms with E-state index in [-0.39, 0.29) is 0 Å². The fourth-order valence-electron chi connectivity index (χ4n) is 1.23. The lowest BCUT2D eigenvalue weighted by atomic mass is 10.1. The molecule has 0 radical (unpaired) electrons. The molecule has 0 bridgehead atoms. The maximum absolute atomic E-state index is 10.8. The normalized spacial score (nSPS) is 10.8. The Bertz CT molecular complexity index is 317. The Balaban J connectivity index is 2.97. The molecule has 0 aliphatic heterocycles. The summed E-state index contributed by atoms with van der Waals surface area (Å²) in [6, 6.07) is 0. The third-order valence-corrected chi connectivity index (χ3v) is 2.70. The van der Waals surface area contributed by atoms with Gasteiger partial charge in [0, 0.05) is 13.3 Å². The summed E-state index contributed by atoms with van der Waals surface area (Å²) in [5, 5.41) is 9.83. The minimum atomic E-state index is -0.829. The van der Waals surface area contributed by atoms with Crippen molar-refractivity contribution in [3.63, 3.8) is 0 Å². The molecule has 0 atom stereocenters. The number of carboxylic acids is 1. The number of aryl methyl sites for hydroxylation is 1. The van der Waals surface area contributed by atoms with Gasteiger partial charge in [-0.05, 0) is 5.92 Å². The van der Waals surface area contributed by atoms with Crippen LogP contribution in [-0.4, -0.2) is 11.1 Å². The van der Waals surface area contributed by atoms with Gasteiger partial charge in [0.05, 0.1) is 0 Å². The fourth-order valence-corrected chi connectivity index (χ4v) is 2.06. The molecule has 0 saturated carbocycles. The number of rotatable bonds is 3. The fraction of sp³-hybridized carbons (Fsp3) is 0.556. The van der Waals surface area contributed by atoms with Gasteiger partial charge in [-0.25, -0.2) is 9.78 Å². The van der Waals surface area contributed by atoms with Crippen molar-refractivity contribution in [3.8, 4) is 0 Å². The number of H-pyrrole nitrogens is 1. The van der Waals surface area contributed by atoms with Crippen LogP contribution in [0, 0.1) is 12.8 Å². The number of nitrogens with one attached hydrogen (secondary N) is 1. The Kier molecular flexibility index (Phi) is 3.03. The van der Waals surface area contributed by atoms with Crippen LogP contribution in [0.1, 0.15) is 34.2 Å². The molecule has 72 valence electrons. The van der Waals surface area contributed by atoms with E-state index < -0.39 is 5.97 Å². The summed E-state index contributed by atoms with van der Waals surface area (Å²) in [6.45, 7) is 6.04. The summed E-state index contributed by atoms with van der Waals surface area (Å²) >= 11 is 1.31. The standard InChI is InChI=1S/C9H13NO2S/c1-5(2)4-7-8(9(11)12)13-6(3)10-7/h5H,4H2,1-3H3,(H,11,12)/p+1. The van der Waals surface area contributed by atoms with Gasteiger partial charge in [-0.2, -0.15) is 0 Å². The van der Waals surface area contributed by atoms with Crippen molar-refractivity contribution in [1.82, 2.24) is 0 Å². The zero-order chi connectivity index (χ0) is 10.0. The van der Waals surface area contributed by atoms with E-state index in [4.69, 9.17) is 5.11 Å². The molecule has 0 aromatic carbocycles. The predicted molar refractivity (Wildman–Crippen MR) is 51.1 cm³/mol. The topological polar surface area (TPSA) is 51.4 Å². The second-order valence-corrected chi connectivity index (χ2v) is 4.72. The van der Waals surface area contributed by atoms with Crippen LogP contribution in [0.3, 0.4) is 0 Å². The maximum Gasteiger partial charge on any atom is 0.352 e. The van der Waals surface area contributed by atoms with Crippen molar-refractivity contribution >= 4 is 17.3 Å². The van der Waals surface area contributed by atoms with Crippen LogP contribution >= 0.6 is 11.3 Å². The second-order valence-electron chi connectivity index (χ2n) is 3.49. The third kappa shape index (κ3) is 2.52. The number of carboxylic acid groups (broad SMARTS) is 1. The Hall–Kier alpha value is -0.900. The number of thiazole rings is 1. The van der Waals surface area contributed by atoms with E-state index in [1.54, 1.807) is 0 Å². The van der Waals surface area contributed by atoms with E-state index in [0.717, 1.165) is 17.1 Å². The van der Waals surface area contributed by atoms with Crippen LogP contribution in [0.5, 0.6) is 0 Å². The van der Waals surface area contributed by atoms with E-state index in [0.29, 0.717) is 10.8 Å². The van der Waals surface area contributed by atoms with E-state index in [2.05, 4.69) is 18.8 Å². The summed E-state index contributed by atoms with van der Waals surface area (Å²) in [4.78, 5) is 14.4. The van der Waals surface area contributed by atoms with Crippen LogP contribution < -0.4 is 4.98 Å². The van der Waals surface area contributed by atoms with Crippen LogP contribution in [0.2, 0.25) is 0 Å². The minimum absolute atomic E-state index is 0.450. The molecular formula is C9H14NO2S+. The number of carbonyl (C=O) groups is 1. The molecule has 0 fully saturated rings. The van der Waals surface area contributed by atoms with Crippen molar-refractivity contribution in [1.29, 1.82) is 0 Å². The van der Waals surface area contributed by atoms with Crippen LogP contribution in [0.15, 0.2) is 0 Å².